The van der Waals surface area contributed by atoms with E-state index in [0.717, 1.165) is 19.3 Å². The Kier molecular flexibility index (Phi) is 8.28. The second-order valence-corrected chi connectivity index (χ2v) is 11.9. The van der Waals surface area contributed by atoms with Crippen molar-refractivity contribution in [3.63, 3.8) is 0 Å². The molecule has 4 aromatic carbocycles. The number of rotatable bonds is 8. The van der Waals surface area contributed by atoms with E-state index in [1.807, 2.05) is 17.0 Å². The summed E-state index contributed by atoms with van der Waals surface area (Å²) in [5.41, 5.74) is 4.06. The van der Waals surface area contributed by atoms with E-state index in [0.29, 0.717) is 29.9 Å². The van der Waals surface area contributed by atoms with E-state index in [1.165, 1.54) is 27.6 Å². The average Bonchev–Trinajstić information content (AvgIpc) is 2.98. The molecule has 5 rings (SSSR count). The molecule has 1 heterocycles. The van der Waals surface area contributed by atoms with Gasteiger partial charge in [-0.3, -0.25) is 14.0 Å². The van der Waals surface area contributed by atoms with Crippen LogP contribution in [0.3, 0.4) is 0 Å². The largest absolute Gasteiger partial charge is 0.336 e. The van der Waals surface area contributed by atoms with Gasteiger partial charge in [0.1, 0.15) is 5.82 Å². The van der Waals surface area contributed by atoms with Crippen molar-refractivity contribution in [3.8, 4) is 0 Å². The van der Waals surface area contributed by atoms with Crippen LogP contribution in [0.1, 0.15) is 33.1 Å². The number of amides is 1. The second-order valence-electron chi connectivity index (χ2n) is 10.00. The minimum atomic E-state index is -3.60. The summed E-state index contributed by atoms with van der Waals surface area (Å²) < 4.78 is 39.6. The molecule has 0 aliphatic carbocycles. The number of nitrogens with zero attached hydrogens (tertiary/aromatic N) is 3. The van der Waals surface area contributed by atoms with Gasteiger partial charge in [0.05, 0.1) is 24.5 Å². The van der Waals surface area contributed by atoms with Gasteiger partial charge in [0.25, 0.3) is 5.91 Å². The van der Waals surface area contributed by atoms with E-state index in [2.05, 4.69) is 53.4 Å². The minimum absolute atomic E-state index is 0.0678. The van der Waals surface area contributed by atoms with Crippen LogP contribution in [0.4, 0.5) is 10.1 Å². The van der Waals surface area contributed by atoms with Crippen molar-refractivity contribution in [1.82, 2.24) is 9.80 Å². The topological polar surface area (TPSA) is 60.9 Å². The van der Waals surface area contributed by atoms with Gasteiger partial charge in [0.15, 0.2) is 0 Å². The zero-order valence-corrected chi connectivity index (χ0v) is 23.2. The van der Waals surface area contributed by atoms with Crippen LogP contribution < -0.4 is 4.31 Å². The average molecular weight is 558 g/mol. The number of anilines is 1. The lowest BCUT2D eigenvalue weighted by Crippen LogP contribution is -2.49. The zero-order valence-electron chi connectivity index (χ0n) is 22.4. The summed E-state index contributed by atoms with van der Waals surface area (Å²) in [5.74, 6) is -0.458. The molecule has 1 fully saturated rings. The first-order valence-corrected chi connectivity index (χ1v) is 15.1. The predicted molar refractivity (Wildman–Crippen MR) is 156 cm³/mol. The molecule has 0 N–H and O–H groups in total. The standard InChI is InChI=1S/C32H32FN3O3S/c1-40(38,39)36(24-25-12-16-29(33)17-13-25)30-18-14-28(15-19-30)32(37)35-22-20-34(21-23-35)31(26-8-4-2-5-9-26)27-10-6-3-7-11-27/h2-19,31H,20-24H2,1H3. The first-order chi connectivity index (χ1) is 19.3. The molecule has 1 aliphatic heterocycles. The lowest BCUT2D eigenvalue weighted by molar-refractivity contribution is 0.0597. The third-order valence-electron chi connectivity index (χ3n) is 7.24. The van der Waals surface area contributed by atoms with E-state index < -0.39 is 10.0 Å². The Bertz CT molecular complexity index is 1480. The highest BCUT2D eigenvalue weighted by Crippen LogP contribution is 2.30. The fourth-order valence-electron chi connectivity index (χ4n) is 5.18. The summed E-state index contributed by atoms with van der Waals surface area (Å²) in [7, 11) is -3.60. The Hall–Kier alpha value is -4.01. The molecule has 0 saturated carbocycles. The molecule has 6 nitrogen and oxygen atoms in total. The van der Waals surface area contributed by atoms with Crippen LogP contribution in [0.15, 0.2) is 109 Å². The monoisotopic (exact) mass is 557 g/mol. The molecule has 1 saturated heterocycles. The summed E-state index contributed by atoms with van der Waals surface area (Å²) in [4.78, 5) is 17.6. The summed E-state index contributed by atoms with van der Waals surface area (Å²) in [5, 5.41) is 0. The van der Waals surface area contributed by atoms with Crippen LogP contribution in [-0.2, 0) is 16.6 Å². The lowest BCUT2D eigenvalue weighted by atomic mass is 9.96. The number of benzene rings is 4. The molecule has 8 heteroatoms. The Balaban J connectivity index is 1.27. The van der Waals surface area contributed by atoms with Gasteiger partial charge in [0, 0.05) is 31.7 Å². The number of piperazine rings is 1. The van der Waals surface area contributed by atoms with Crippen molar-refractivity contribution in [2.24, 2.45) is 0 Å². The summed E-state index contributed by atoms with van der Waals surface area (Å²) in [6.07, 6.45) is 1.13. The van der Waals surface area contributed by atoms with Crippen molar-refractivity contribution in [3.05, 3.63) is 137 Å². The van der Waals surface area contributed by atoms with Crippen LogP contribution >= 0.6 is 0 Å². The number of hydrogen-bond donors (Lipinski definition) is 0. The molecule has 40 heavy (non-hydrogen) atoms. The highest BCUT2D eigenvalue weighted by atomic mass is 32.2. The molecule has 1 amide bonds. The Morgan fingerprint density at radius 3 is 1.80 bits per heavy atom. The van der Waals surface area contributed by atoms with Crippen LogP contribution in [0.5, 0.6) is 0 Å². The third kappa shape index (κ3) is 6.41. The van der Waals surface area contributed by atoms with Crippen molar-refractivity contribution in [1.29, 1.82) is 0 Å². The van der Waals surface area contributed by atoms with E-state index >= 15 is 0 Å². The third-order valence-corrected chi connectivity index (χ3v) is 8.38. The Morgan fingerprint density at radius 2 is 1.30 bits per heavy atom. The van der Waals surface area contributed by atoms with Gasteiger partial charge in [-0.05, 0) is 53.1 Å². The molecular weight excluding hydrogens is 525 g/mol. The lowest BCUT2D eigenvalue weighted by Gasteiger charge is -2.39. The minimum Gasteiger partial charge on any atom is -0.336 e. The van der Waals surface area contributed by atoms with Crippen molar-refractivity contribution >= 4 is 21.6 Å². The molecule has 0 radical (unpaired) electrons. The maximum atomic E-state index is 13.4. The fraction of sp³-hybridized carbons (Fsp3) is 0.219. The van der Waals surface area contributed by atoms with Gasteiger partial charge < -0.3 is 4.90 Å². The number of sulfonamides is 1. The van der Waals surface area contributed by atoms with Gasteiger partial charge in [-0.25, -0.2) is 12.8 Å². The number of halogens is 1. The van der Waals surface area contributed by atoms with E-state index in [-0.39, 0.29) is 24.3 Å². The van der Waals surface area contributed by atoms with Crippen LogP contribution in [0.25, 0.3) is 0 Å². The van der Waals surface area contributed by atoms with Crippen molar-refractivity contribution in [2.45, 2.75) is 12.6 Å². The zero-order chi connectivity index (χ0) is 28.1. The number of carbonyl (C=O) groups is 1. The fourth-order valence-corrected chi connectivity index (χ4v) is 6.06. The molecule has 206 valence electrons. The molecule has 0 atom stereocenters. The first kappa shape index (κ1) is 27.6. The van der Waals surface area contributed by atoms with Crippen LogP contribution in [0, 0.1) is 5.82 Å². The maximum absolute atomic E-state index is 13.4. The summed E-state index contributed by atoms with van der Waals surface area (Å²) in [6, 6.07) is 33.3. The van der Waals surface area contributed by atoms with E-state index in [4.69, 9.17) is 0 Å². The smallest absolute Gasteiger partial charge is 0.253 e. The van der Waals surface area contributed by atoms with E-state index in [1.54, 1.807) is 36.4 Å². The highest BCUT2D eigenvalue weighted by molar-refractivity contribution is 7.92. The molecule has 1 aliphatic rings. The van der Waals surface area contributed by atoms with Crippen LogP contribution in [-0.4, -0.2) is 56.6 Å². The molecular formula is C32H32FN3O3S. The molecule has 0 aromatic heterocycles. The Labute approximate surface area is 235 Å². The number of hydrogen-bond acceptors (Lipinski definition) is 4. The number of carbonyl (C=O) groups excluding carboxylic acids is 1. The predicted octanol–water partition coefficient (Wildman–Crippen LogP) is 5.34. The maximum Gasteiger partial charge on any atom is 0.253 e. The molecule has 0 bridgehead atoms. The van der Waals surface area contributed by atoms with Crippen molar-refractivity contribution in [2.75, 3.05) is 36.7 Å². The van der Waals surface area contributed by atoms with Gasteiger partial charge in [-0.1, -0.05) is 72.8 Å². The summed E-state index contributed by atoms with van der Waals surface area (Å²) in [6.45, 7) is 2.72. The summed E-state index contributed by atoms with van der Waals surface area (Å²) >= 11 is 0. The van der Waals surface area contributed by atoms with Gasteiger partial charge in [-0.15, -0.1) is 0 Å². The molecule has 0 spiro atoms. The molecule has 0 unspecified atom stereocenters. The van der Waals surface area contributed by atoms with Gasteiger partial charge in [-0.2, -0.15) is 0 Å². The SMILES string of the molecule is CS(=O)(=O)N(Cc1ccc(F)cc1)c1ccc(C(=O)N2CCN(C(c3ccccc3)c3ccccc3)CC2)cc1. The van der Waals surface area contributed by atoms with Gasteiger partial charge >= 0.3 is 0 Å². The Morgan fingerprint density at radius 1 is 0.775 bits per heavy atom. The van der Waals surface area contributed by atoms with Gasteiger partial charge in [0.2, 0.25) is 10.0 Å². The normalized spacial score (nSPS) is 14.3. The van der Waals surface area contributed by atoms with E-state index in [9.17, 15) is 17.6 Å². The first-order valence-electron chi connectivity index (χ1n) is 13.2. The highest BCUT2D eigenvalue weighted by Gasteiger charge is 2.29. The van der Waals surface area contributed by atoms with Crippen LogP contribution in [0.2, 0.25) is 0 Å². The second kappa shape index (κ2) is 12.0. The van der Waals surface area contributed by atoms with Crippen molar-refractivity contribution < 1.29 is 17.6 Å². The molecule has 4 aromatic rings. The quantitative estimate of drug-likeness (QED) is 0.294.